The van der Waals surface area contributed by atoms with Gasteiger partial charge in [-0.15, -0.1) is 0 Å². The predicted molar refractivity (Wildman–Crippen MR) is 373 cm³/mol. The number of rotatable bonds is 62. The molecule has 3 aliphatic heterocycles. The van der Waals surface area contributed by atoms with Crippen molar-refractivity contribution in [3.8, 4) is 0 Å². The van der Waals surface area contributed by atoms with E-state index in [1.54, 1.807) is 20.8 Å². The van der Waals surface area contributed by atoms with E-state index in [0.717, 1.165) is 0 Å². The highest BCUT2D eigenvalue weighted by atomic mass is 16.7. The highest BCUT2D eigenvalue weighted by molar-refractivity contribution is 5.90. The van der Waals surface area contributed by atoms with Gasteiger partial charge in [0.1, 0.15) is 89.4 Å². The van der Waals surface area contributed by atoms with Gasteiger partial charge in [-0.3, -0.25) is 47.9 Å². The fraction of sp³-hybridized carbons (Fsp3) is 0.861. The summed E-state index contributed by atoms with van der Waals surface area (Å²) in [6, 6.07) is 0. The van der Waals surface area contributed by atoms with Gasteiger partial charge < -0.3 is 115 Å². The molecule has 0 aromatic rings. The van der Waals surface area contributed by atoms with Crippen LogP contribution in [0.25, 0.3) is 0 Å². The molecular weight excluding hydrogens is 1380 g/mol. The molecule has 33 heteroatoms. The van der Waals surface area contributed by atoms with Crippen molar-refractivity contribution < 1.29 is 141 Å². The Bertz CT molecular complexity index is 2330. The summed E-state index contributed by atoms with van der Waals surface area (Å²) in [7, 11) is 1.52. The second kappa shape index (κ2) is 54.7. The van der Waals surface area contributed by atoms with Crippen LogP contribution in [0, 0.1) is 0 Å². The second-order valence-corrected chi connectivity index (χ2v) is 27.5. The number of aliphatic hydroxyl groups is 9. The fourth-order valence-corrected chi connectivity index (χ4v) is 11.5. The number of hydrogen-bond acceptors (Lipinski definition) is 29. The molecule has 3 aliphatic rings. The van der Waals surface area contributed by atoms with E-state index in [1.807, 2.05) is 0 Å². The number of carbonyl (C=O) groups is 10. The van der Waals surface area contributed by atoms with E-state index >= 15 is 0 Å². The maximum absolute atomic E-state index is 13.9. The van der Waals surface area contributed by atoms with Crippen molar-refractivity contribution in [2.45, 2.75) is 305 Å². The Balaban J connectivity index is 1.56. The van der Waals surface area contributed by atoms with Gasteiger partial charge in [-0.2, -0.15) is 0 Å². The average Bonchev–Trinajstić information content (AvgIpc) is 0.851. The third-order valence-electron chi connectivity index (χ3n) is 18.2. The van der Waals surface area contributed by atoms with Crippen LogP contribution < -0.4 is 21.3 Å². The van der Waals surface area contributed by atoms with Crippen LogP contribution >= 0.6 is 0 Å². The first kappa shape index (κ1) is 94.3. The zero-order valence-electron chi connectivity index (χ0n) is 62.0. The van der Waals surface area contributed by atoms with Gasteiger partial charge in [0.05, 0.1) is 64.5 Å². The maximum Gasteiger partial charge on any atom is 0.222 e. The van der Waals surface area contributed by atoms with Gasteiger partial charge in [-0.05, 0) is 97.8 Å². The van der Waals surface area contributed by atoms with Crippen molar-refractivity contribution in [3.05, 3.63) is 0 Å². The zero-order chi connectivity index (χ0) is 77.5. The lowest BCUT2D eigenvalue weighted by Crippen LogP contribution is -2.58. The van der Waals surface area contributed by atoms with Gasteiger partial charge in [0.15, 0.2) is 24.7 Å². The molecule has 4 amide bonds. The molecule has 0 aromatic heterocycles. The zero-order valence-corrected chi connectivity index (χ0v) is 62.0. The lowest BCUT2D eigenvalue weighted by molar-refractivity contribution is -0.293. The summed E-state index contributed by atoms with van der Waals surface area (Å²) >= 11 is 0. The fourth-order valence-electron chi connectivity index (χ4n) is 11.5. The first-order valence-electron chi connectivity index (χ1n) is 37.5. The lowest BCUT2D eigenvalue weighted by atomic mass is 10.00. The molecule has 3 fully saturated rings. The van der Waals surface area contributed by atoms with E-state index in [0.29, 0.717) is 122 Å². The van der Waals surface area contributed by atoms with Crippen LogP contribution in [0.4, 0.5) is 0 Å². The van der Waals surface area contributed by atoms with Gasteiger partial charge in [-0.25, -0.2) is 0 Å². The molecule has 3 heterocycles. The highest BCUT2D eigenvalue weighted by Gasteiger charge is 2.45. The normalized spacial score (nSPS) is 25.2. The summed E-state index contributed by atoms with van der Waals surface area (Å²) in [6.45, 7) is 4.34. The van der Waals surface area contributed by atoms with E-state index in [1.165, 1.54) is 7.11 Å². The highest BCUT2D eigenvalue weighted by Crippen LogP contribution is 2.26. The summed E-state index contributed by atoms with van der Waals surface area (Å²) in [5, 5.41) is 101. The van der Waals surface area contributed by atoms with Crippen LogP contribution in [0.2, 0.25) is 0 Å². The van der Waals surface area contributed by atoms with Crippen LogP contribution in [0.5, 0.6) is 0 Å². The number of aliphatic hydroxyl groups excluding tert-OH is 9. The van der Waals surface area contributed by atoms with Crippen molar-refractivity contribution in [2.75, 3.05) is 92.8 Å². The maximum atomic E-state index is 13.9. The molecule has 105 heavy (non-hydrogen) atoms. The van der Waals surface area contributed by atoms with E-state index in [4.69, 9.17) is 47.4 Å². The Labute approximate surface area is 616 Å². The van der Waals surface area contributed by atoms with Gasteiger partial charge in [-0.1, -0.05) is 12.8 Å². The number of ether oxygens (including phenoxy) is 10. The van der Waals surface area contributed by atoms with E-state index in [-0.39, 0.29) is 184 Å². The quantitative estimate of drug-likeness (QED) is 0.0360. The van der Waals surface area contributed by atoms with Gasteiger partial charge in [0.25, 0.3) is 0 Å². The summed E-state index contributed by atoms with van der Waals surface area (Å²) in [6.07, 6.45) is -9.47. The minimum absolute atomic E-state index is 0.0140. The monoisotopic (exact) mass is 1510 g/mol. The third-order valence-corrected chi connectivity index (χ3v) is 18.2. The number of carbonyl (C=O) groups excluding carboxylic acids is 10. The van der Waals surface area contributed by atoms with E-state index in [2.05, 4.69) is 21.3 Å². The largest absolute Gasteiger partial charge is 0.388 e. The molecule has 0 aliphatic carbocycles. The number of Topliss-reactive ketones (excluding diaryl/α,β-unsaturated/α-hetero) is 6. The first-order chi connectivity index (χ1) is 50.2. The van der Waals surface area contributed by atoms with Crippen LogP contribution in [0.3, 0.4) is 0 Å². The Morgan fingerprint density at radius 1 is 0.305 bits per heavy atom. The lowest BCUT2D eigenvalue weighted by Gasteiger charge is -2.38. The molecule has 15 unspecified atom stereocenters. The summed E-state index contributed by atoms with van der Waals surface area (Å²) in [4.78, 5) is 128. The number of methoxy groups -OCH3 is 1. The second-order valence-electron chi connectivity index (χ2n) is 27.5. The summed E-state index contributed by atoms with van der Waals surface area (Å²) in [5.41, 5.74) is -1.52. The molecule has 33 nitrogen and oxygen atoms in total. The number of nitrogens with one attached hydrogen (secondary N) is 4. The minimum atomic E-state index is -1.52. The molecule has 15 atom stereocenters. The molecule has 0 radical (unpaired) electrons. The predicted octanol–water partition coefficient (Wildman–Crippen LogP) is 0.146. The molecule has 13 N–H and O–H groups in total. The first-order valence-corrected chi connectivity index (χ1v) is 37.5. The summed E-state index contributed by atoms with van der Waals surface area (Å²) < 4.78 is 56.0. The minimum Gasteiger partial charge on any atom is -0.388 e. The van der Waals surface area contributed by atoms with E-state index in [9.17, 15) is 93.9 Å². The molecule has 0 spiro atoms. The number of amides is 4. The Hall–Kier alpha value is -4.86. The molecule has 606 valence electrons. The Kier molecular flexibility index (Phi) is 49.1. The molecular formula is C72H124N4O29. The van der Waals surface area contributed by atoms with Crippen LogP contribution in [0.15, 0.2) is 0 Å². The van der Waals surface area contributed by atoms with Crippen molar-refractivity contribution in [2.24, 2.45) is 0 Å². The molecule has 3 rings (SSSR count). The molecule has 3 saturated heterocycles. The standard InChI is InChI=1S/C72H124N4O29/c1-47-60(87)63(90)66(93)69(103-47)100-37-14-11-23-50(77)19-7-5-9-21-53(80)31-40-97-44-72(76-59(86)30-28-55(82)43-75-57(84)29-27-52(79)25-17-36-96-4,45-98-41-32-54(81)22-10-6-8-20-51(78)24-12-15-38-101-70-67(94)64(91)61(88)48(2)104-70)46-99-42-33-58(85)74-35-18-34-73-56(83)26-13-16-39-102-71-68(95)65(92)62(89)49(3)105-71/h47-49,60-71,87-95H,5-46H2,1-4H3,(H,73,83)(H,74,85)(H,75,84)(H,76,86). The van der Waals surface area contributed by atoms with Crippen LogP contribution in [-0.2, 0) is 95.3 Å². The summed E-state index contributed by atoms with van der Waals surface area (Å²) in [5.74, 6) is -2.54. The number of unbranched alkanes of at least 4 members (excludes halogenated alkanes) is 7. The van der Waals surface area contributed by atoms with Crippen molar-refractivity contribution in [3.63, 3.8) is 0 Å². The number of hydrogen-bond donors (Lipinski definition) is 13. The third kappa shape index (κ3) is 40.4. The van der Waals surface area contributed by atoms with Gasteiger partial charge >= 0.3 is 0 Å². The molecule has 0 saturated carbocycles. The topological polar surface area (TPSA) is 493 Å². The number of ketones is 6. The van der Waals surface area contributed by atoms with Gasteiger partial charge in [0.2, 0.25) is 23.6 Å². The van der Waals surface area contributed by atoms with Gasteiger partial charge in [0, 0.05) is 143 Å². The molecule has 0 aromatic carbocycles. The van der Waals surface area contributed by atoms with Crippen molar-refractivity contribution >= 4 is 58.3 Å². The SMILES string of the molecule is COCCCC(=O)CCC(=O)NCC(=O)CCC(=O)NC(COCCC(=O)CCCCCC(=O)CCCCOC1OC(C)C(O)C(O)C1O)(COCCC(=O)CCCCCC(=O)CCCCOC1OC(C)C(O)C(O)C1O)COCCC(=O)NCCCNC(=O)CCCCOC1OC(C)C(O)C(O)C1O. The Morgan fingerprint density at radius 2 is 0.629 bits per heavy atom. The average molecular weight is 1510 g/mol. The van der Waals surface area contributed by atoms with Crippen molar-refractivity contribution in [1.82, 2.24) is 21.3 Å². The van der Waals surface area contributed by atoms with Crippen molar-refractivity contribution in [1.29, 1.82) is 0 Å². The smallest absolute Gasteiger partial charge is 0.222 e. The Morgan fingerprint density at radius 3 is 1.04 bits per heavy atom. The van der Waals surface area contributed by atoms with E-state index < -0.39 is 122 Å². The van der Waals surface area contributed by atoms with Crippen LogP contribution in [-0.4, -0.2) is 295 Å². The molecule has 0 bridgehead atoms. The van der Waals surface area contributed by atoms with Crippen LogP contribution in [0.1, 0.15) is 207 Å².